The van der Waals surface area contributed by atoms with E-state index in [0.29, 0.717) is 26.2 Å². The normalized spacial score (nSPS) is 20.9. The lowest BCUT2D eigenvalue weighted by Crippen LogP contribution is -2.59. The smallest absolute Gasteiger partial charge is 0.353 e. The predicted molar refractivity (Wildman–Crippen MR) is 74.7 cm³/mol. The number of carbonyl (C=O) groups is 1. The minimum absolute atomic E-state index is 0.311. The standard InChI is InChI=1S/C13H25F3N4O/c1-12(2,3)10(17)11(21)19-8-9(13(14,15)16)20-6-4-18-5-7-20/h9-10,18H,4-8,17H2,1-3H3,(H,19,21)/t9?,10-/m1/s1. The lowest BCUT2D eigenvalue weighted by Gasteiger charge is -2.36. The minimum atomic E-state index is -4.38. The van der Waals surface area contributed by atoms with Crippen LogP contribution in [0.5, 0.6) is 0 Å². The number of amides is 1. The van der Waals surface area contributed by atoms with Gasteiger partial charge in [-0.05, 0) is 5.41 Å². The molecule has 1 amide bonds. The topological polar surface area (TPSA) is 70.4 Å². The first-order chi connectivity index (χ1) is 9.53. The van der Waals surface area contributed by atoms with E-state index in [-0.39, 0.29) is 0 Å². The second-order valence-electron chi connectivity index (χ2n) is 6.43. The van der Waals surface area contributed by atoms with Gasteiger partial charge in [0.15, 0.2) is 0 Å². The average Bonchev–Trinajstić information content (AvgIpc) is 2.36. The summed E-state index contributed by atoms with van der Waals surface area (Å²) in [5.74, 6) is -0.549. The van der Waals surface area contributed by atoms with Crippen molar-refractivity contribution in [3.8, 4) is 0 Å². The highest BCUT2D eigenvalue weighted by Gasteiger charge is 2.44. The van der Waals surface area contributed by atoms with E-state index in [1.165, 1.54) is 4.90 Å². The van der Waals surface area contributed by atoms with Crippen molar-refractivity contribution in [2.75, 3.05) is 32.7 Å². The Morgan fingerprint density at radius 2 is 1.81 bits per heavy atom. The molecule has 1 heterocycles. The molecule has 0 aromatic carbocycles. The van der Waals surface area contributed by atoms with Gasteiger partial charge >= 0.3 is 6.18 Å². The summed E-state index contributed by atoms with van der Waals surface area (Å²) in [5.41, 5.74) is 5.26. The zero-order valence-electron chi connectivity index (χ0n) is 12.8. The third-order valence-corrected chi connectivity index (χ3v) is 3.66. The fourth-order valence-electron chi connectivity index (χ4n) is 2.15. The van der Waals surface area contributed by atoms with Crippen molar-refractivity contribution >= 4 is 5.91 Å². The highest BCUT2D eigenvalue weighted by Crippen LogP contribution is 2.25. The third kappa shape index (κ3) is 5.44. The highest BCUT2D eigenvalue weighted by molar-refractivity contribution is 5.82. The van der Waals surface area contributed by atoms with Crippen LogP contribution in [0.4, 0.5) is 13.2 Å². The maximum Gasteiger partial charge on any atom is 0.405 e. The maximum absolute atomic E-state index is 13.1. The van der Waals surface area contributed by atoms with Gasteiger partial charge in [-0.1, -0.05) is 20.8 Å². The quantitative estimate of drug-likeness (QED) is 0.699. The molecule has 0 saturated carbocycles. The summed E-state index contributed by atoms with van der Waals surface area (Å²) in [6, 6.07) is -2.51. The summed E-state index contributed by atoms with van der Waals surface area (Å²) in [6.07, 6.45) is -4.38. The van der Waals surface area contributed by atoms with Gasteiger partial charge in [-0.15, -0.1) is 0 Å². The van der Waals surface area contributed by atoms with Crippen LogP contribution < -0.4 is 16.4 Å². The van der Waals surface area contributed by atoms with Gasteiger partial charge < -0.3 is 16.4 Å². The molecule has 1 fully saturated rings. The lowest BCUT2D eigenvalue weighted by atomic mass is 9.87. The summed E-state index contributed by atoms with van der Waals surface area (Å²) in [5, 5.41) is 5.35. The molecule has 0 radical (unpaired) electrons. The Bertz CT molecular complexity index is 348. The molecular weight excluding hydrogens is 285 g/mol. The number of carbonyl (C=O) groups excluding carboxylic acids is 1. The number of hydrogen-bond acceptors (Lipinski definition) is 4. The Morgan fingerprint density at radius 3 is 2.24 bits per heavy atom. The average molecular weight is 310 g/mol. The number of halogens is 3. The summed E-state index contributed by atoms with van der Waals surface area (Å²) in [4.78, 5) is 13.2. The summed E-state index contributed by atoms with van der Waals surface area (Å²) in [7, 11) is 0. The second kappa shape index (κ2) is 6.93. The van der Waals surface area contributed by atoms with Crippen LogP contribution in [0.3, 0.4) is 0 Å². The second-order valence-corrected chi connectivity index (χ2v) is 6.43. The number of nitrogens with zero attached hydrogens (tertiary/aromatic N) is 1. The van der Waals surface area contributed by atoms with Crippen molar-refractivity contribution in [1.82, 2.24) is 15.5 Å². The van der Waals surface area contributed by atoms with E-state index in [9.17, 15) is 18.0 Å². The number of hydrogen-bond donors (Lipinski definition) is 3. The molecule has 0 spiro atoms. The molecule has 2 atom stereocenters. The molecule has 21 heavy (non-hydrogen) atoms. The van der Waals surface area contributed by atoms with E-state index in [0.717, 1.165) is 0 Å². The molecule has 4 N–H and O–H groups in total. The van der Waals surface area contributed by atoms with Crippen LogP contribution in [0.25, 0.3) is 0 Å². The zero-order chi connectivity index (χ0) is 16.3. The Kier molecular flexibility index (Phi) is 6.01. The van der Waals surface area contributed by atoms with Crippen LogP contribution in [0.2, 0.25) is 0 Å². The minimum Gasteiger partial charge on any atom is -0.353 e. The van der Waals surface area contributed by atoms with Gasteiger partial charge in [-0.25, -0.2) is 0 Å². The van der Waals surface area contributed by atoms with Crippen molar-refractivity contribution in [3.05, 3.63) is 0 Å². The number of alkyl halides is 3. The molecule has 8 heteroatoms. The molecule has 0 aromatic rings. The van der Waals surface area contributed by atoms with Crippen LogP contribution in [0.1, 0.15) is 20.8 Å². The monoisotopic (exact) mass is 310 g/mol. The molecule has 124 valence electrons. The van der Waals surface area contributed by atoms with Gasteiger partial charge in [-0.3, -0.25) is 9.69 Å². The Morgan fingerprint density at radius 1 is 1.29 bits per heavy atom. The van der Waals surface area contributed by atoms with Crippen LogP contribution in [-0.2, 0) is 4.79 Å². The first kappa shape index (κ1) is 18.2. The van der Waals surface area contributed by atoms with Crippen molar-refractivity contribution in [3.63, 3.8) is 0 Å². The van der Waals surface area contributed by atoms with Crippen molar-refractivity contribution in [1.29, 1.82) is 0 Å². The lowest BCUT2D eigenvalue weighted by molar-refractivity contribution is -0.184. The van der Waals surface area contributed by atoms with Crippen LogP contribution in [-0.4, -0.2) is 61.8 Å². The third-order valence-electron chi connectivity index (χ3n) is 3.66. The van der Waals surface area contributed by atoms with Crippen LogP contribution in [0, 0.1) is 5.41 Å². The van der Waals surface area contributed by atoms with Crippen LogP contribution in [0.15, 0.2) is 0 Å². The number of rotatable bonds is 4. The summed E-state index contributed by atoms with van der Waals surface area (Å²) >= 11 is 0. The van der Waals surface area contributed by atoms with Gasteiger partial charge in [0.1, 0.15) is 6.04 Å². The number of nitrogens with one attached hydrogen (secondary N) is 2. The largest absolute Gasteiger partial charge is 0.405 e. The van der Waals surface area contributed by atoms with Gasteiger partial charge in [-0.2, -0.15) is 13.2 Å². The first-order valence-electron chi connectivity index (χ1n) is 7.08. The fourth-order valence-corrected chi connectivity index (χ4v) is 2.15. The van der Waals surface area contributed by atoms with E-state index in [2.05, 4.69) is 10.6 Å². The van der Waals surface area contributed by atoms with Crippen molar-refractivity contribution in [2.24, 2.45) is 11.1 Å². The molecule has 1 rings (SSSR count). The van der Waals surface area contributed by atoms with Gasteiger partial charge in [0, 0.05) is 32.7 Å². The van der Waals surface area contributed by atoms with Crippen molar-refractivity contribution < 1.29 is 18.0 Å². The molecular formula is C13H25F3N4O. The maximum atomic E-state index is 13.1. The Labute approximate surface area is 123 Å². The molecule has 1 saturated heterocycles. The SMILES string of the molecule is CC(C)(C)[C@H](N)C(=O)NCC(N1CCNCC1)C(F)(F)F. The molecule has 1 unspecified atom stereocenters. The molecule has 0 aliphatic carbocycles. The van der Waals surface area contributed by atoms with Gasteiger partial charge in [0.25, 0.3) is 0 Å². The van der Waals surface area contributed by atoms with Crippen molar-refractivity contribution in [2.45, 2.75) is 39.0 Å². The Hall–Kier alpha value is -0.860. The predicted octanol–water partition coefficient (Wildman–Crippen LogP) is 0.312. The fraction of sp³-hybridized carbons (Fsp3) is 0.923. The molecule has 1 aliphatic heterocycles. The summed E-state index contributed by atoms with van der Waals surface area (Å²) < 4.78 is 39.4. The van der Waals surface area contributed by atoms with E-state index in [1.54, 1.807) is 20.8 Å². The van der Waals surface area contributed by atoms with E-state index >= 15 is 0 Å². The molecule has 1 aliphatic rings. The van der Waals surface area contributed by atoms with Gasteiger partial charge in [0.2, 0.25) is 5.91 Å². The summed E-state index contributed by atoms with van der Waals surface area (Å²) in [6.45, 7) is 6.51. The molecule has 0 aromatic heterocycles. The number of piperazine rings is 1. The molecule has 5 nitrogen and oxygen atoms in total. The number of nitrogens with two attached hydrogens (primary N) is 1. The zero-order valence-corrected chi connectivity index (χ0v) is 12.8. The van der Waals surface area contributed by atoms with E-state index < -0.39 is 36.1 Å². The van der Waals surface area contributed by atoms with E-state index in [4.69, 9.17) is 5.73 Å². The van der Waals surface area contributed by atoms with Gasteiger partial charge in [0.05, 0.1) is 6.04 Å². The van der Waals surface area contributed by atoms with Crippen LogP contribution >= 0.6 is 0 Å². The van der Waals surface area contributed by atoms with E-state index in [1.807, 2.05) is 0 Å². The first-order valence-corrected chi connectivity index (χ1v) is 7.08. The molecule has 0 bridgehead atoms. The Balaban J connectivity index is 2.64. The highest BCUT2D eigenvalue weighted by atomic mass is 19.4.